The van der Waals surface area contributed by atoms with Gasteiger partial charge in [-0.25, -0.2) is 15.0 Å². The van der Waals surface area contributed by atoms with Gasteiger partial charge in [-0.15, -0.1) is 22.7 Å². The van der Waals surface area contributed by atoms with E-state index in [1.165, 1.54) is 68.2 Å². The molecule has 5 heterocycles. The lowest BCUT2D eigenvalue weighted by molar-refractivity contribution is 1.07. The van der Waals surface area contributed by atoms with Gasteiger partial charge in [-0.2, -0.15) is 0 Å². The first-order valence-electron chi connectivity index (χ1n) is 21.4. The van der Waals surface area contributed by atoms with Crippen molar-refractivity contribution in [2.75, 3.05) is 0 Å². The van der Waals surface area contributed by atoms with Gasteiger partial charge in [0, 0.05) is 90.0 Å². The number of aromatic nitrogens is 5. The molecule has 0 saturated heterocycles. The van der Waals surface area contributed by atoms with Crippen LogP contribution in [0.3, 0.4) is 0 Å². The molecular weight excluding hydrogens is 819 g/mol. The SMILES string of the molecule is c1ccc(-c2nc(-c3ccccc3)nc(-c3cc(-n4c5ccccc5c5ccc6c7ccccc7n(-c7ccccc7)c6c54)cc4c3sc3ccc5sc6ccccc6c5c34)n2)cc1. The molecule has 64 heavy (non-hydrogen) atoms. The van der Waals surface area contributed by atoms with E-state index < -0.39 is 0 Å². The summed E-state index contributed by atoms with van der Waals surface area (Å²) in [5.74, 6) is 1.92. The first kappa shape index (κ1) is 35.6. The fraction of sp³-hybridized carbons (Fsp3) is 0. The molecule has 0 radical (unpaired) electrons. The van der Waals surface area contributed by atoms with Crippen molar-refractivity contribution in [1.82, 2.24) is 24.1 Å². The van der Waals surface area contributed by atoms with Gasteiger partial charge in [0.15, 0.2) is 17.5 Å². The van der Waals surface area contributed by atoms with E-state index in [-0.39, 0.29) is 0 Å². The van der Waals surface area contributed by atoms with Crippen LogP contribution in [0.4, 0.5) is 0 Å². The zero-order valence-electron chi connectivity index (χ0n) is 34.1. The van der Waals surface area contributed by atoms with Crippen molar-refractivity contribution in [3.63, 3.8) is 0 Å². The third kappa shape index (κ3) is 5.19. The summed E-state index contributed by atoms with van der Waals surface area (Å²) in [6.07, 6.45) is 0. The molecule has 0 atom stereocenters. The van der Waals surface area contributed by atoms with Crippen molar-refractivity contribution in [2.45, 2.75) is 0 Å². The zero-order valence-corrected chi connectivity index (χ0v) is 35.7. The lowest BCUT2D eigenvalue weighted by Gasteiger charge is -2.15. The first-order valence-corrected chi connectivity index (χ1v) is 23.1. The maximum atomic E-state index is 5.37. The molecule has 0 amide bonds. The molecule has 0 aliphatic carbocycles. The predicted octanol–water partition coefficient (Wildman–Crippen LogP) is 15.8. The Morgan fingerprint density at radius 1 is 0.328 bits per heavy atom. The Labute approximate surface area is 374 Å². The van der Waals surface area contributed by atoms with Gasteiger partial charge in [0.25, 0.3) is 0 Å². The number of hydrogen-bond donors (Lipinski definition) is 0. The summed E-state index contributed by atoms with van der Waals surface area (Å²) in [5.41, 5.74) is 9.65. The Kier molecular flexibility index (Phi) is 7.66. The maximum Gasteiger partial charge on any atom is 0.165 e. The van der Waals surface area contributed by atoms with Gasteiger partial charge >= 0.3 is 0 Å². The molecule has 0 aliphatic heterocycles. The van der Waals surface area contributed by atoms with Crippen LogP contribution in [0.5, 0.6) is 0 Å². The highest BCUT2D eigenvalue weighted by Crippen LogP contribution is 2.49. The van der Waals surface area contributed by atoms with Crippen molar-refractivity contribution < 1.29 is 0 Å². The molecule has 5 nitrogen and oxygen atoms in total. The Balaban J connectivity index is 1.18. The highest BCUT2D eigenvalue weighted by molar-refractivity contribution is 7.28. The minimum absolute atomic E-state index is 0.640. The number of hydrogen-bond acceptors (Lipinski definition) is 5. The largest absolute Gasteiger partial charge is 0.307 e. The fourth-order valence-electron chi connectivity index (χ4n) is 10.0. The number of thiophene rings is 2. The normalized spacial score (nSPS) is 12.1. The van der Waals surface area contributed by atoms with Crippen LogP contribution >= 0.6 is 22.7 Å². The standard InChI is InChI=1S/C57H33N5S2/c1-4-16-34(17-5-1)55-58-56(35-18-6-2-7-19-35)60-57(59-55)44-33-37(32-43-51-49(64-54(43)44)31-30-48-50(51)42-24-12-15-27-47(42)63-48)62-46-26-14-11-23-39(46)41-29-28-40-38-22-10-13-25-45(38)61(52(40)53(41)62)36-20-8-3-9-21-36/h1-33H. The Bertz CT molecular complexity index is 4120. The lowest BCUT2D eigenvalue weighted by Crippen LogP contribution is -2.02. The molecule has 5 aromatic heterocycles. The topological polar surface area (TPSA) is 48.5 Å². The Hall–Kier alpha value is -7.97. The van der Waals surface area contributed by atoms with Crippen molar-refractivity contribution in [1.29, 1.82) is 0 Å². The quantitative estimate of drug-likeness (QED) is 0.173. The molecule has 14 rings (SSSR count). The molecule has 0 unspecified atom stereocenters. The second-order valence-electron chi connectivity index (χ2n) is 16.3. The summed E-state index contributed by atoms with van der Waals surface area (Å²) in [4.78, 5) is 15.9. The first-order chi connectivity index (χ1) is 31.7. The molecule has 0 saturated carbocycles. The van der Waals surface area contributed by atoms with Gasteiger partial charge < -0.3 is 9.13 Å². The Morgan fingerprint density at radius 2 is 0.812 bits per heavy atom. The van der Waals surface area contributed by atoms with E-state index in [1.807, 2.05) is 59.1 Å². The van der Waals surface area contributed by atoms with Crippen LogP contribution in [0.1, 0.15) is 0 Å². The molecule has 0 N–H and O–H groups in total. The number of rotatable bonds is 5. The van der Waals surface area contributed by atoms with Crippen LogP contribution in [-0.4, -0.2) is 24.1 Å². The minimum Gasteiger partial charge on any atom is -0.307 e. The summed E-state index contributed by atoms with van der Waals surface area (Å²) in [6, 6.07) is 71.8. The van der Waals surface area contributed by atoms with Crippen LogP contribution in [0.2, 0.25) is 0 Å². The zero-order chi connectivity index (χ0) is 41.9. The molecule has 7 heteroatoms. The number of para-hydroxylation sites is 3. The highest BCUT2D eigenvalue weighted by atomic mass is 32.1. The van der Waals surface area contributed by atoms with E-state index in [2.05, 4.69) is 173 Å². The molecule has 298 valence electrons. The van der Waals surface area contributed by atoms with E-state index in [4.69, 9.17) is 15.0 Å². The molecular formula is C57H33N5S2. The van der Waals surface area contributed by atoms with Crippen molar-refractivity contribution in [3.8, 4) is 45.5 Å². The summed E-state index contributed by atoms with van der Waals surface area (Å²) >= 11 is 3.68. The van der Waals surface area contributed by atoms with E-state index >= 15 is 0 Å². The van der Waals surface area contributed by atoms with Gasteiger partial charge in [-0.05, 0) is 54.6 Å². The van der Waals surface area contributed by atoms with Crippen LogP contribution in [0.25, 0.3) is 129 Å². The van der Waals surface area contributed by atoms with Crippen LogP contribution in [-0.2, 0) is 0 Å². The number of fused-ring (bicyclic) bond motifs is 14. The third-order valence-corrected chi connectivity index (χ3v) is 15.1. The van der Waals surface area contributed by atoms with E-state index in [9.17, 15) is 0 Å². The van der Waals surface area contributed by atoms with E-state index in [0.29, 0.717) is 17.5 Å². The van der Waals surface area contributed by atoms with Gasteiger partial charge in [-0.3, -0.25) is 0 Å². The molecule has 0 aliphatic rings. The average Bonchev–Trinajstić information content (AvgIpc) is 4.12. The second-order valence-corrected chi connectivity index (χ2v) is 18.5. The summed E-state index contributed by atoms with van der Waals surface area (Å²) < 4.78 is 9.91. The van der Waals surface area contributed by atoms with E-state index in [1.54, 1.807) is 0 Å². The summed E-state index contributed by atoms with van der Waals surface area (Å²) in [5, 5.41) is 9.86. The Morgan fingerprint density at radius 3 is 1.44 bits per heavy atom. The van der Waals surface area contributed by atoms with Gasteiger partial charge in [0.05, 0.1) is 22.1 Å². The highest BCUT2D eigenvalue weighted by Gasteiger charge is 2.25. The minimum atomic E-state index is 0.640. The van der Waals surface area contributed by atoms with Crippen LogP contribution < -0.4 is 0 Å². The lowest BCUT2D eigenvalue weighted by atomic mass is 10.0. The van der Waals surface area contributed by atoms with Gasteiger partial charge in [0.1, 0.15) is 0 Å². The summed E-state index contributed by atoms with van der Waals surface area (Å²) in [6.45, 7) is 0. The van der Waals surface area contributed by atoms with E-state index in [0.717, 1.165) is 43.8 Å². The van der Waals surface area contributed by atoms with Crippen LogP contribution in [0.15, 0.2) is 200 Å². The fourth-order valence-corrected chi connectivity index (χ4v) is 12.3. The van der Waals surface area contributed by atoms with Crippen molar-refractivity contribution >= 4 is 107 Å². The second kappa shape index (κ2) is 13.8. The molecule has 9 aromatic carbocycles. The summed E-state index contributed by atoms with van der Waals surface area (Å²) in [7, 11) is 0. The molecule has 14 aromatic rings. The number of benzene rings is 9. The predicted molar refractivity (Wildman–Crippen MR) is 271 cm³/mol. The van der Waals surface area contributed by atoms with Gasteiger partial charge in [-0.1, -0.05) is 146 Å². The third-order valence-electron chi connectivity index (χ3n) is 12.7. The molecule has 0 fully saturated rings. The van der Waals surface area contributed by atoms with Crippen LogP contribution in [0, 0.1) is 0 Å². The molecule has 0 spiro atoms. The molecule has 0 bridgehead atoms. The average molecular weight is 852 g/mol. The van der Waals surface area contributed by atoms with Gasteiger partial charge in [0.2, 0.25) is 0 Å². The van der Waals surface area contributed by atoms with Crippen molar-refractivity contribution in [2.24, 2.45) is 0 Å². The monoisotopic (exact) mass is 851 g/mol. The maximum absolute atomic E-state index is 5.37. The van der Waals surface area contributed by atoms with Crippen molar-refractivity contribution in [3.05, 3.63) is 200 Å². The number of nitrogens with zero attached hydrogens (tertiary/aromatic N) is 5. The smallest absolute Gasteiger partial charge is 0.165 e.